The van der Waals surface area contributed by atoms with E-state index in [0.717, 1.165) is 50.6 Å². The molecule has 2 aromatic rings. The van der Waals surface area contributed by atoms with Crippen LogP contribution in [0.15, 0.2) is 30.5 Å². The lowest BCUT2D eigenvalue weighted by molar-refractivity contribution is 0.123. The number of aromatic nitrogens is 3. The number of nitrogens with zero attached hydrogens (tertiary/aromatic N) is 4. The molecule has 25 heavy (non-hydrogen) atoms. The van der Waals surface area contributed by atoms with Gasteiger partial charge in [0.05, 0.1) is 30.8 Å². The molecule has 1 aliphatic heterocycles. The van der Waals surface area contributed by atoms with Crippen molar-refractivity contribution in [3.05, 3.63) is 30.5 Å². The molecule has 2 N–H and O–H groups in total. The van der Waals surface area contributed by atoms with E-state index in [-0.39, 0.29) is 0 Å². The SMILES string of the molecule is CCCCCNc1nncc(Nc2ccccc2N2CCOCC2)n1. The van der Waals surface area contributed by atoms with Gasteiger partial charge in [0, 0.05) is 19.6 Å². The van der Waals surface area contributed by atoms with Gasteiger partial charge in [-0.2, -0.15) is 10.1 Å². The van der Waals surface area contributed by atoms with Gasteiger partial charge in [-0.25, -0.2) is 0 Å². The number of rotatable bonds is 8. The monoisotopic (exact) mass is 342 g/mol. The van der Waals surface area contributed by atoms with Crippen LogP contribution in [-0.4, -0.2) is 48.0 Å². The number of anilines is 4. The van der Waals surface area contributed by atoms with Crippen molar-refractivity contribution < 1.29 is 4.74 Å². The highest BCUT2D eigenvalue weighted by Crippen LogP contribution is 2.28. The van der Waals surface area contributed by atoms with Crippen molar-refractivity contribution in [2.75, 3.05) is 48.4 Å². The van der Waals surface area contributed by atoms with Crippen LogP contribution < -0.4 is 15.5 Å². The van der Waals surface area contributed by atoms with Crippen LogP contribution in [0.2, 0.25) is 0 Å². The molecule has 0 spiro atoms. The summed E-state index contributed by atoms with van der Waals surface area (Å²) in [5.41, 5.74) is 2.17. The van der Waals surface area contributed by atoms with E-state index in [1.165, 1.54) is 12.8 Å². The molecule has 7 heteroatoms. The molecule has 1 aromatic heterocycles. The van der Waals surface area contributed by atoms with Gasteiger partial charge < -0.3 is 20.3 Å². The van der Waals surface area contributed by atoms with Crippen LogP contribution in [0.1, 0.15) is 26.2 Å². The zero-order chi connectivity index (χ0) is 17.3. The lowest BCUT2D eigenvalue weighted by atomic mass is 10.2. The smallest absolute Gasteiger partial charge is 0.244 e. The van der Waals surface area contributed by atoms with Gasteiger partial charge in [-0.1, -0.05) is 31.9 Å². The molecule has 2 heterocycles. The molecule has 0 bridgehead atoms. The van der Waals surface area contributed by atoms with Crippen LogP contribution >= 0.6 is 0 Å². The molecule has 3 rings (SSSR count). The maximum atomic E-state index is 5.45. The van der Waals surface area contributed by atoms with Gasteiger partial charge in [0.2, 0.25) is 5.95 Å². The quantitative estimate of drug-likeness (QED) is 0.714. The van der Waals surface area contributed by atoms with Crippen molar-refractivity contribution in [2.24, 2.45) is 0 Å². The van der Waals surface area contributed by atoms with Gasteiger partial charge in [0.1, 0.15) is 0 Å². The Kier molecular flexibility index (Phi) is 6.39. The fourth-order valence-electron chi connectivity index (χ4n) is 2.81. The number of hydrogen-bond acceptors (Lipinski definition) is 7. The first-order valence-electron chi connectivity index (χ1n) is 8.99. The van der Waals surface area contributed by atoms with E-state index >= 15 is 0 Å². The van der Waals surface area contributed by atoms with E-state index < -0.39 is 0 Å². The topological polar surface area (TPSA) is 75.2 Å². The predicted octanol–water partition coefficient (Wildman–Crippen LogP) is 3.05. The zero-order valence-electron chi connectivity index (χ0n) is 14.7. The second-order valence-electron chi connectivity index (χ2n) is 6.04. The summed E-state index contributed by atoms with van der Waals surface area (Å²) in [6, 6.07) is 8.24. The van der Waals surface area contributed by atoms with Crippen molar-refractivity contribution in [3.8, 4) is 0 Å². The van der Waals surface area contributed by atoms with Gasteiger partial charge >= 0.3 is 0 Å². The maximum Gasteiger partial charge on any atom is 0.244 e. The third kappa shape index (κ3) is 5.03. The number of ether oxygens (including phenoxy) is 1. The molecule has 1 aromatic carbocycles. The Hall–Kier alpha value is -2.41. The number of benzene rings is 1. The molecule has 134 valence electrons. The summed E-state index contributed by atoms with van der Waals surface area (Å²) in [6.07, 6.45) is 5.15. The third-order valence-electron chi connectivity index (χ3n) is 4.14. The van der Waals surface area contributed by atoms with E-state index in [1.54, 1.807) is 6.20 Å². The Bertz CT molecular complexity index is 660. The van der Waals surface area contributed by atoms with Crippen molar-refractivity contribution in [3.63, 3.8) is 0 Å². The average Bonchev–Trinajstić information content (AvgIpc) is 2.67. The molecule has 0 unspecified atom stereocenters. The van der Waals surface area contributed by atoms with Crippen LogP contribution in [0.3, 0.4) is 0 Å². The van der Waals surface area contributed by atoms with Gasteiger partial charge in [-0.15, -0.1) is 5.10 Å². The summed E-state index contributed by atoms with van der Waals surface area (Å²) < 4.78 is 5.45. The number of morpholine rings is 1. The molecule has 0 saturated carbocycles. The van der Waals surface area contributed by atoms with Crippen molar-refractivity contribution in [1.29, 1.82) is 0 Å². The number of unbranched alkanes of at least 4 members (excludes halogenated alkanes) is 2. The minimum absolute atomic E-state index is 0.560. The highest BCUT2D eigenvalue weighted by atomic mass is 16.5. The summed E-state index contributed by atoms with van der Waals surface area (Å²) in [4.78, 5) is 6.84. The molecule has 0 aliphatic carbocycles. The lowest BCUT2D eigenvalue weighted by Gasteiger charge is -2.30. The Morgan fingerprint density at radius 1 is 1.16 bits per heavy atom. The van der Waals surface area contributed by atoms with Gasteiger partial charge in [0.15, 0.2) is 5.82 Å². The molecule has 0 amide bonds. The van der Waals surface area contributed by atoms with E-state index in [1.807, 2.05) is 6.07 Å². The fourth-order valence-corrected chi connectivity index (χ4v) is 2.81. The maximum absolute atomic E-state index is 5.45. The van der Waals surface area contributed by atoms with Gasteiger partial charge in [-0.05, 0) is 18.6 Å². The first-order chi connectivity index (χ1) is 12.4. The van der Waals surface area contributed by atoms with E-state index in [2.05, 4.69) is 55.8 Å². The molecule has 1 fully saturated rings. The van der Waals surface area contributed by atoms with Crippen molar-refractivity contribution in [2.45, 2.75) is 26.2 Å². The number of para-hydroxylation sites is 2. The zero-order valence-corrected chi connectivity index (χ0v) is 14.7. The Labute approximate surface area is 148 Å². The van der Waals surface area contributed by atoms with E-state index in [0.29, 0.717) is 11.8 Å². The van der Waals surface area contributed by atoms with Crippen molar-refractivity contribution in [1.82, 2.24) is 15.2 Å². The van der Waals surface area contributed by atoms with Crippen LogP contribution in [-0.2, 0) is 4.74 Å². The molecule has 1 aliphatic rings. The Morgan fingerprint density at radius 3 is 2.84 bits per heavy atom. The summed E-state index contributed by atoms with van der Waals surface area (Å²) >= 11 is 0. The second-order valence-corrected chi connectivity index (χ2v) is 6.04. The third-order valence-corrected chi connectivity index (χ3v) is 4.14. The number of hydrogen-bond donors (Lipinski definition) is 2. The van der Waals surface area contributed by atoms with E-state index in [4.69, 9.17) is 4.74 Å². The number of nitrogens with one attached hydrogen (secondary N) is 2. The first kappa shape index (κ1) is 17.4. The Morgan fingerprint density at radius 2 is 2.00 bits per heavy atom. The molecular weight excluding hydrogens is 316 g/mol. The van der Waals surface area contributed by atoms with Crippen LogP contribution in [0.4, 0.5) is 23.1 Å². The highest BCUT2D eigenvalue weighted by molar-refractivity contribution is 5.74. The van der Waals surface area contributed by atoms with Crippen LogP contribution in [0.5, 0.6) is 0 Å². The van der Waals surface area contributed by atoms with Crippen LogP contribution in [0, 0.1) is 0 Å². The standard InChI is InChI=1S/C18H26N6O/c1-2-3-6-9-19-18-22-17(14-20-23-18)21-15-7-4-5-8-16(15)24-10-12-25-13-11-24/h4-5,7-8,14H,2-3,6,9-13H2,1H3,(H2,19,21,22,23). The summed E-state index contributed by atoms with van der Waals surface area (Å²) in [5.74, 6) is 1.25. The molecule has 7 nitrogen and oxygen atoms in total. The highest BCUT2D eigenvalue weighted by Gasteiger charge is 2.14. The van der Waals surface area contributed by atoms with E-state index in [9.17, 15) is 0 Å². The second kappa shape index (κ2) is 9.17. The molecule has 0 atom stereocenters. The predicted molar refractivity (Wildman–Crippen MR) is 101 cm³/mol. The normalized spacial score (nSPS) is 14.4. The Balaban J connectivity index is 1.68. The van der Waals surface area contributed by atoms with Gasteiger partial charge in [-0.3, -0.25) is 0 Å². The van der Waals surface area contributed by atoms with Crippen LogP contribution in [0.25, 0.3) is 0 Å². The molecular formula is C18H26N6O. The first-order valence-corrected chi connectivity index (χ1v) is 8.99. The largest absolute Gasteiger partial charge is 0.378 e. The van der Waals surface area contributed by atoms with Gasteiger partial charge in [0.25, 0.3) is 0 Å². The van der Waals surface area contributed by atoms with Crippen molar-refractivity contribution >= 4 is 23.1 Å². The molecule has 1 saturated heterocycles. The summed E-state index contributed by atoms with van der Waals surface area (Å²) in [7, 11) is 0. The lowest BCUT2D eigenvalue weighted by Crippen LogP contribution is -2.36. The molecule has 0 radical (unpaired) electrons. The average molecular weight is 342 g/mol. The minimum atomic E-state index is 0.560. The fraction of sp³-hybridized carbons (Fsp3) is 0.500. The summed E-state index contributed by atoms with van der Waals surface area (Å²) in [5, 5.41) is 14.7. The summed E-state index contributed by atoms with van der Waals surface area (Å²) in [6.45, 7) is 6.36. The minimum Gasteiger partial charge on any atom is -0.378 e.